The van der Waals surface area contributed by atoms with Gasteiger partial charge in [-0.25, -0.2) is 13.2 Å². The summed E-state index contributed by atoms with van der Waals surface area (Å²) in [5.74, 6) is -3.05. The van der Waals surface area contributed by atoms with Crippen LogP contribution in [-0.4, -0.2) is 95.4 Å². The summed E-state index contributed by atoms with van der Waals surface area (Å²) >= 11 is 1.29. The first-order chi connectivity index (χ1) is 28.2. The van der Waals surface area contributed by atoms with Crippen LogP contribution in [0, 0.1) is 23.0 Å². The van der Waals surface area contributed by atoms with E-state index in [0.717, 1.165) is 29.5 Å². The minimum atomic E-state index is -1.23. The monoisotopic (exact) mass is 836 g/mol. The van der Waals surface area contributed by atoms with Gasteiger partial charge in [-0.05, 0) is 48.1 Å². The minimum Gasteiger partial charge on any atom is -0.354 e. The van der Waals surface area contributed by atoms with E-state index in [1.165, 1.54) is 28.8 Å². The fraction of sp³-hybridized carbons (Fsp3) is 0.477. The molecule has 1 aromatic heterocycles. The van der Waals surface area contributed by atoms with E-state index in [1.807, 2.05) is 61.7 Å². The first-order valence-electron chi connectivity index (χ1n) is 20.2. The number of nitrogens with zero attached hydrogens (tertiary/aromatic N) is 2. The Kier molecular flexibility index (Phi) is 16.4. The molecule has 318 valence electrons. The maximum atomic E-state index is 15.7. The second-order valence-corrected chi connectivity index (χ2v) is 17.2. The molecule has 1 fully saturated rings. The predicted octanol–water partition coefficient (Wildman–Crippen LogP) is 5.49. The zero-order valence-electron chi connectivity index (χ0n) is 33.9. The summed E-state index contributed by atoms with van der Waals surface area (Å²) in [5, 5.41) is 11.8. The van der Waals surface area contributed by atoms with E-state index in [0.29, 0.717) is 56.6 Å². The highest BCUT2D eigenvalue weighted by molar-refractivity contribution is 7.99. The molecule has 2 aliphatic rings. The van der Waals surface area contributed by atoms with Gasteiger partial charge in [0, 0.05) is 111 Å². The van der Waals surface area contributed by atoms with Gasteiger partial charge in [0.1, 0.15) is 17.8 Å². The number of nitrogens with one attached hydrogen (secondary N) is 4. The van der Waals surface area contributed by atoms with Crippen LogP contribution in [0.2, 0.25) is 0 Å². The Labute approximate surface area is 348 Å². The largest absolute Gasteiger partial charge is 0.354 e. The van der Waals surface area contributed by atoms with Crippen LogP contribution in [0.4, 0.5) is 13.2 Å². The second-order valence-electron chi connectivity index (χ2n) is 16.1. The summed E-state index contributed by atoms with van der Waals surface area (Å²) in [7, 11) is 0. The van der Waals surface area contributed by atoms with E-state index in [9.17, 15) is 28.4 Å². The molecule has 11 nitrogen and oxygen atoms in total. The molecule has 5 rings (SSSR count). The zero-order valence-corrected chi connectivity index (χ0v) is 34.7. The number of amides is 5. The molecule has 4 N–H and O–H groups in total. The number of benzene rings is 2. The number of hydrogen-bond acceptors (Lipinski definition) is 7. The van der Waals surface area contributed by atoms with Crippen molar-refractivity contribution < 1.29 is 37.1 Å². The molecule has 2 aromatic carbocycles. The minimum absolute atomic E-state index is 0.0418. The van der Waals surface area contributed by atoms with Crippen molar-refractivity contribution in [1.82, 2.24) is 30.7 Å². The summed E-state index contributed by atoms with van der Waals surface area (Å²) < 4.78 is 47.2. The summed E-state index contributed by atoms with van der Waals surface area (Å²) in [5.41, 5.74) is 1.80. The standard InChI is InChI=1S/C44H55F3N6O5S/c1-44(2,3)42(36-22-30(32-23-31(45)13-14-34(32)46)27-52(36)26-29-10-6-4-7-11-29)43(33-24-48-25-35(33)47)51-39(56)28-59-21-17-38(55)50-19-18-49-37(54)12-8-5-9-20-53-40(57)15-16-41(53)58/h4,6-7,10-11,13-16,22-23,27,33,35,42-43,48H,5,8-9,12,17-21,24-26,28H2,1-3H3,(H,49,54)(H,50,55)(H,51,56)/t33-,35+,42+,43?/m1/s1. The van der Waals surface area contributed by atoms with Crippen molar-refractivity contribution in [1.29, 1.82) is 0 Å². The van der Waals surface area contributed by atoms with Gasteiger partial charge < -0.3 is 25.8 Å². The molecule has 1 saturated heterocycles. The maximum absolute atomic E-state index is 15.7. The molecule has 2 aliphatic heterocycles. The van der Waals surface area contributed by atoms with Gasteiger partial charge >= 0.3 is 0 Å². The highest BCUT2D eigenvalue weighted by Gasteiger charge is 2.45. The van der Waals surface area contributed by atoms with E-state index < -0.39 is 41.1 Å². The van der Waals surface area contributed by atoms with Crippen LogP contribution < -0.4 is 21.3 Å². The topological polar surface area (TPSA) is 142 Å². The van der Waals surface area contributed by atoms with Crippen LogP contribution in [0.5, 0.6) is 0 Å². The zero-order chi connectivity index (χ0) is 42.5. The molecule has 0 radical (unpaired) electrons. The molecule has 1 unspecified atom stereocenters. The number of carbonyl (C=O) groups is 5. The van der Waals surface area contributed by atoms with Crippen molar-refractivity contribution in [3.05, 3.63) is 95.8 Å². The second kappa shape index (κ2) is 21.4. The molecular formula is C44H55F3N6O5S. The molecule has 5 amide bonds. The van der Waals surface area contributed by atoms with Crippen LogP contribution in [0.1, 0.15) is 70.1 Å². The van der Waals surface area contributed by atoms with E-state index in [4.69, 9.17) is 0 Å². The van der Waals surface area contributed by atoms with Crippen LogP contribution in [0.15, 0.2) is 72.9 Å². The lowest BCUT2D eigenvalue weighted by Crippen LogP contribution is -2.51. The SMILES string of the molecule is CC(C)(C)[C@@H](c1cc(-c2cc(F)ccc2F)cn1Cc1ccccc1)C(NC(=O)CSCCC(=O)NCCNC(=O)CCCCCN1C(=O)C=CC1=O)[C@@H]1CNC[C@@H]1F. The molecule has 0 bridgehead atoms. The van der Waals surface area contributed by atoms with Crippen LogP contribution in [0.3, 0.4) is 0 Å². The summed E-state index contributed by atoms with van der Waals surface area (Å²) in [6, 6.07) is 14.2. The quantitative estimate of drug-likeness (QED) is 0.0822. The van der Waals surface area contributed by atoms with Crippen molar-refractivity contribution in [3.63, 3.8) is 0 Å². The average molecular weight is 837 g/mol. The highest BCUT2D eigenvalue weighted by atomic mass is 32.2. The normalized spacial score (nSPS) is 17.6. The van der Waals surface area contributed by atoms with Gasteiger partial charge in [0.05, 0.1) is 5.75 Å². The van der Waals surface area contributed by atoms with Crippen molar-refractivity contribution >= 4 is 41.3 Å². The van der Waals surface area contributed by atoms with Gasteiger partial charge in [-0.15, -0.1) is 0 Å². The van der Waals surface area contributed by atoms with Crippen LogP contribution in [-0.2, 0) is 30.5 Å². The van der Waals surface area contributed by atoms with Crippen LogP contribution >= 0.6 is 11.8 Å². The van der Waals surface area contributed by atoms with Gasteiger partial charge in [-0.1, -0.05) is 57.5 Å². The molecule has 0 spiro atoms. The third-order valence-corrected chi connectivity index (χ3v) is 11.6. The van der Waals surface area contributed by atoms with Gasteiger partial charge in [0.15, 0.2) is 0 Å². The lowest BCUT2D eigenvalue weighted by Gasteiger charge is -2.41. The van der Waals surface area contributed by atoms with Crippen molar-refractivity contribution in [2.24, 2.45) is 11.3 Å². The van der Waals surface area contributed by atoms with Crippen molar-refractivity contribution in [2.45, 2.75) is 77.6 Å². The molecule has 4 atom stereocenters. The number of hydrogen-bond donors (Lipinski definition) is 4. The van der Waals surface area contributed by atoms with Gasteiger partial charge in [0.2, 0.25) is 17.7 Å². The van der Waals surface area contributed by atoms with E-state index >= 15 is 8.78 Å². The van der Waals surface area contributed by atoms with Crippen molar-refractivity contribution in [2.75, 3.05) is 44.2 Å². The van der Waals surface area contributed by atoms with E-state index in [1.54, 1.807) is 6.20 Å². The number of rotatable bonds is 21. The molecular weight excluding hydrogens is 782 g/mol. The number of unbranched alkanes of at least 4 members (excludes halogenated alkanes) is 2. The van der Waals surface area contributed by atoms with Gasteiger partial charge in [-0.3, -0.25) is 28.9 Å². The summed E-state index contributed by atoms with van der Waals surface area (Å²) in [4.78, 5) is 62.7. The van der Waals surface area contributed by atoms with E-state index in [-0.39, 0.29) is 66.9 Å². The van der Waals surface area contributed by atoms with Gasteiger partial charge in [0.25, 0.3) is 11.8 Å². The highest BCUT2D eigenvalue weighted by Crippen LogP contribution is 2.44. The fourth-order valence-corrected chi connectivity index (χ4v) is 8.46. The molecule has 0 aliphatic carbocycles. The number of imide groups is 1. The molecule has 59 heavy (non-hydrogen) atoms. The molecule has 0 saturated carbocycles. The predicted molar refractivity (Wildman–Crippen MR) is 223 cm³/mol. The summed E-state index contributed by atoms with van der Waals surface area (Å²) in [6.07, 6.45) is 5.42. The first-order valence-corrected chi connectivity index (χ1v) is 21.3. The first kappa shape index (κ1) is 45.2. The Morgan fingerprint density at radius 2 is 1.58 bits per heavy atom. The Morgan fingerprint density at radius 3 is 2.24 bits per heavy atom. The Bertz CT molecular complexity index is 1950. The number of thioether (sulfide) groups is 1. The number of halogens is 3. The number of carbonyl (C=O) groups excluding carboxylic acids is 5. The molecule has 3 heterocycles. The Hall–Kier alpha value is -4.89. The third kappa shape index (κ3) is 13.0. The maximum Gasteiger partial charge on any atom is 0.253 e. The lowest BCUT2D eigenvalue weighted by atomic mass is 9.70. The van der Waals surface area contributed by atoms with Gasteiger partial charge in [-0.2, -0.15) is 11.8 Å². The molecule has 3 aromatic rings. The number of alkyl halides is 1. The number of aromatic nitrogens is 1. The Morgan fingerprint density at radius 1 is 0.881 bits per heavy atom. The molecule has 15 heteroatoms. The lowest BCUT2D eigenvalue weighted by molar-refractivity contribution is -0.137. The third-order valence-electron chi connectivity index (χ3n) is 10.6. The van der Waals surface area contributed by atoms with Crippen LogP contribution in [0.25, 0.3) is 11.1 Å². The smallest absolute Gasteiger partial charge is 0.253 e. The summed E-state index contributed by atoms with van der Waals surface area (Å²) in [6.45, 7) is 7.83. The van der Waals surface area contributed by atoms with E-state index in [2.05, 4.69) is 21.3 Å². The Balaban J connectivity index is 1.14. The van der Waals surface area contributed by atoms with Crippen molar-refractivity contribution in [3.8, 4) is 11.1 Å². The fourth-order valence-electron chi connectivity index (χ4n) is 7.72. The average Bonchev–Trinajstić information content (AvgIpc) is 3.90.